The van der Waals surface area contributed by atoms with Crippen LogP contribution >= 0.6 is 0 Å². The van der Waals surface area contributed by atoms with Gasteiger partial charge in [0.2, 0.25) is 5.91 Å². The highest BCUT2D eigenvalue weighted by Crippen LogP contribution is 1.99. The van der Waals surface area contributed by atoms with Gasteiger partial charge in [0.15, 0.2) is 0 Å². The number of nitrogens with zero attached hydrogens (tertiary/aromatic N) is 2. The normalized spacial score (nSPS) is 12.8. The second kappa shape index (κ2) is 7.62. The molecule has 0 aliphatic rings. The van der Waals surface area contributed by atoms with Gasteiger partial charge in [-0.05, 0) is 12.5 Å². The summed E-state index contributed by atoms with van der Waals surface area (Å²) in [5.41, 5.74) is 0.859. The Bertz CT molecular complexity index is 395. The average molecular weight is 253 g/mol. The fourth-order valence-corrected chi connectivity index (χ4v) is 1.50. The Labute approximate surface area is 106 Å². The SMILES string of the molecule is COCC(CCO)NC(=O)/C=C/c1cnn(C)c1. The lowest BCUT2D eigenvalue weighted by Gasteiger charge is -2.15. The van der Waals surface area contributed by atoms with Crippen molar-refractivity contribution in [2.24, 2.45) is 7.05 Å². The largest absolute Gasteiger partial charge is 0.396 e. The Morgan fingerprint density at radius 3 is 3.06 bits per heavy atom. The Morgan fingerprint density at radius 1 is 1.72 bits per heavy atom. The number of rotatable bonds is 7. The minimum absolute atomic E-state index is 0.0145. The first-order chi connectivity index (χ1) is 8.65. The molecule has 0 aliphatic carbocycles. The van der Waals surface area contributed by atoms with Gasteiger partial charge >= 0.3 is 0 Å². The first kappa shape index (κ1) is 14.4. The molecule has 0 fully saturated rings. The van der Waals surface area contributed by atoms with Crippen molar-refractivity contribution in [1.82, 2.24) is 15.1 Å². The Balaban J connectivity index is 2.46. The van der Waals surface area contributed by atoms with E-state index in [1.165, 1.54) is 6.08 Å². The van der Waals surface area contributed by atoms with E-state index in [1.807, 2.05) is 13.2 Å². The van der Waals surface area contributed by atoms with Crippen molar-refractivity contribution in [3.8, 4) is 0 Å². The van der Waals surface area contributed by atoms with Crippen molar-refractivity contribution < 1.29 is 14.6 Å². The molecule has 0 saturated carbocycles. The molecular weight excluding hydrogens is 234 g/mol. The van der Waals surface area contributed by atoms with Crippen LogP contribution in [0.1, 0.15) is 12.0 Å². The molecule has 0 radical (unpaired) electrons. The minimum Gasteiger partial charge on any atom is -0.396 e. The summed E-state index contributed by atoms with van der Waals surface area (Å²) in [5, 5.41) is 15.6. The lowest BCUT2D eigenvalue weighted by molar-refractivity contribution is -0.117. The molecule has 0 aromatic carbocycles. The van der Waals surface area contributed by atoms with E-state index < -0.39 is 0 Å². The first-order valence-corrected chi connectivity index (χ1v) is 5.72. The van der Waals surface area contributed by atoms with Gasteiger partial charge < -0.3 is 15.2 Å². The van der Waals surface area contributed by atoms with E-state index in [4.69, 9.17) is 9.84 Å². The van der Waals surface area contributed by atoms with Crippen LogP contribution in [0.2, 0.25) is 0 Å². The maximum atomic E-state index is 11.6. The van der Waals surface area contributed by atoms with Crippen molar-refractivity contribution in [2.75, 3.05) is 20.3 Å². The number of aryl methyl sites for hydroxylation is 1. The number of carbonyl (C=O) groups is 1. The van der Waals surface area contributed by atoms with E-state index in [-0.39, 0.29) is 18.6 Å². The molecule has 1 atom stereocenters. The molecule has 0 saturated heterocycles. The summed E-state index contributed by atoms with van der Waals surface area (Å²) in [6.07, 6.45) is 7.08. The van der Waals surface area contributed by atoms with E-state index in [2.05, 4.69) is 10.4 Å². The number of hydrogen-bond donors (Lipinski definition) is 2. The van der Waals surface area contributed by atoms with Crippen molar-refractivity contribution in [2.45, 2.75) is 12.5 Å². The zero-order valence-corrected chi connectivity index (χ0v) is 10.7. The third-order valence-electron chi connectivity index (χ3n) is 2.34. The molecule has 100 valence electrons. The molecule has 0 aliphatic heterocycles. The smallest absolute Gasteiger partial charge is 0.244 e. The highest BCUT2D eigenvalue weighted by molar-refractivity contribution is 5.91. The van der Waals surface area contributed by atoms with Gasteiger partial charge in [0.25, 0.3) is 0 Å². The molecule has 6 nitrogen and oxygen atoms in total. The summed E-state index contributed by atoms with van der Waals surface area (Å²) < 4.78 is 6.62. The third-order valence-corrected chi connectivity index (χ3v) is 2.34. The lowest BCUT2D eigenvalue weighted by atomic mass is 10.2. The van der Waals surface area contributed by atoms with Gasteiger partial charge in [-0.15, -0.1) is 0 Å². The average Bonchev–Trinajstić information content (AvgIpc) is 2.73. The summed E-state index contributed by atoms with van der Waals surface area (Å²) >= 11 is 0. The summed E-state index contributed by atoms with van der Waals surface area (Å²) in [6, 6.07) is -0.175. The second-order valence-corrected chi connectivity index (χ2v) is 3.95. The summed E-state index contributed by atoms with van der Waals surface area (Å²) in [7, 11) is 3.37. The fraction of sp³-hybridized carbons (Fsp3) is 0.500. The van der Waals surface area contributed by atoms with Gasteiger partial charge in [0.05, 0.1) is 18.8 Å². The summed E-state index contributed by atoms with van der Waals surface area (Å²) in [4.78, 5) is 11.6. The molecule has 18 heavy (non-hydrogen) atoms. The van der Waals surface area contributed by atoms with Crippen LogP contribution in [0.3, 0.4) is 0 Å². The number of hydrogen-bond acceptors (Lipinski definition) is 4. The summed E-state index contributed by atoms with van der Waals surface area (Å²) in [6.45, 7) is 0.396. The van der Waals surface area contributed by atoms with Gasteiger partial charge in [-0.2, -0.15) is 5.10 Å². The standard InChI is InChI=1S/C12H19N3O3/c1-15-8-10(7-13-15)3-4-12(17)14-11(5-6-16)9-18-2/h3-4,7-8,11,16H,5-6,9H2,1-2H3,(H,14,17)/b4-3+. The number of carbonyl (C=O) groups excluding carboxylic acids is 1. The van der Waals surface area contributed by atoms with E-state index in [1.54, 1.807) is 24.1 Å². The van der Waals surface area contributed by atoms with Crippen molar-refractivity contribution >= 4 is 12.0 Å². The van der Waals surface area contributed by atoms with Crippen LogP contribution in [0.4, 0.5) is 0 Å². The van der Waals surface area contributed by atoms with E-state index in [0.29, 0.717) is 13.0 Å². The van der Waals surface area contributed by atoms with E-state index in [0.717, 1.165) is 5.56 Å². The van der Waals surface area contributed by atoms with Crippen molar-refractivity contribution in [1.29, 1.82) is 0 Å². The molecule has 1 aromatic rings. The van der Waals surface area contributed by atoms with Crippen LogP contribution in [0.5, 0.6) is 0 Å². The van der Waals surface area contributed by atoms with Crippen LogP contribution in [-0.2, 0) is 16.6 Å². The maximum absolute atomic E-state index is 11.6. The number of nitrogens with one attached hydrogen (secondary N) is 1. The second-order valence-electron chi connectivity index (χ2n) is 3.95. The number of methoxy groups -OCH3 is 1. The van der Waals surface area contributed by atoms with E-state index in [9.17, 15) is 4.79 Å². The molecule has 2 N–H and O–H groups in total. The molecule has 1 rings (SSSR count). The number of ether oxygens (including phenoxy) is 1. The Morgan fingerprint density at radius 2 is 2.50 bits per heavy atom. The molecule has 0 spiro atoms. The van der Waals surface area contributed by atoms with Crippen LogP contribution in [0, 0.1) is 0 Å². The molecule has 6 heteroatoms. The van der Waals surface area contributed by atoms with Gasteiger partial charge in [-0.25, -0.2) is 0 Å². The fourth-order valence-electron chi connectivity index (χ4n) is 1.50. The summed E-state index contributed by atoms with van der Waals surface area (Å²) in [5.74, 6) is -0.214. The van der Waals surface area contributed by atoms with Crippen LogP contribution in [0.25, 0.3) is 6.08 Å². The monoisotopic (exact) mass is 253 g/mol. The molecule has 0 bridgehead atoms. The maximum Gasteiger partial charge on any atom is 0.244 e. The van der Waals surface area contributed by atoms with Gasteiger partial charge in [-0.1, -0.05) is 0 Å². The third kappa shape index (κ3) is 5.11. The molecule has 1 heterocycles. The van der Waals surface area contributed by atoms with Crippen molar-refractivity contribution in [3.63, 3.8) is 0 Å². The Hall–Kier alpha value is -1.66. The van der Waals surface area contributed by atoms with Crippen LogP contribution in [0.15, 0.2) is 18.5 Å². The lowest BCUT2D eigenvalue weighted by Crippen LogP contribution is -2.37. The molecule has 1 amide bonds. The first-order valence-electron chi connectivity index (χ1n) is 5.72. The zero-order valence-electron chi connectivity index (χ0n) is 10.7. The predicted octanol–water partition coefficient (Wildman–Crippen LogP) is -0.0531. The van der Waals surface area contributed by atoms with Crippen LogP contribution < -0.4 is 5.32 Å². The van der Waals surface area contributed by atoms with Gasteiger partial charge in [0.1, 0.15) is 0 Å². The van der Waals surface area contributed by atoms with Crippen molar-refractivity contribution in [3.05, 3.63) is 24.0 Å². The number of aliphatic hydroxyl groups excluding tert-OH is 1. The van der Waals surface area contributed by atoms with Gasteiger partial charge in [0, 0.05) is 38.6 Å². The molecular formula is C12H19N3O3. The molecule has 1 unspecified atom stereocenters. The number of aliphatic hydroxyl groups is 1. The topological polar surface area (TPSA) is 76.4 Å². The van der Waals surface area contributed by atoms with Crippen LogP contribution in [-0.4, -0.2) is 47.2 Å². The Kier molecular flexibility index (Phi) is 6.10. The predicted molar refractivity (Wildman–Crippen MR) is 67.8 cm³/mol. The molecule has 1 aromatic heterocycles. The number of aromatic nitrogens is 2. The van der Waals surface area contributed by atoms with Gasteiger partial charge in [-0.3, -0.25) is 9.48 Å². The number of amides is 1. The highest BCUT2D eigenvalue weighted by atomic mass is 16.5. The highest BCUT2D eigenvalue weighted by Gasteiger charge is 2.09. The minimum atomic E-state index is -0.214. The van der Waals surface area contributed by atoms with E-state index >= 15 is 0 Å². The quantitative estimate of drug-likeness (QED) is 0.668. The zero-order chi connectivity index (χ0) is 13.4.